The fourth-order valence-corrected chi connectivity index (χ4v) is 5.56. The van der Waals surface area contributed by atoms with E-state index in [4.69, 9.17) is 14.7 Å². The monoisotopic (exact) mass is 464 g/mol. The summed E-state index contributed by atoms with van der Waals surface area (Å²) in [6, 6.07) is 8.19. The van der Waals surface area contributed by atoms with E-state index in [1.165, 1.54) is 16.9 Å². The molecule has 0 N–H and O–H groups in total. The first-order valence-corrected chi connectivity index (χ1v) is 12.4. The van der Waals surface area contributed by atoms with Gasteiger partial charge in [-0.2, -0.15) is 0 Å². The number of ether oxygens (including phenoxy) is 1. The predicted molar refractivity (Wildman–Crippen MR) is 137 cm³/mol. The minimum absolute atomic E-state index is 0.0209. The molecule has 0 radical (unpaired) electrons. The van der Waals surface area contributed by atoms with Crippen LogP contribution in [0.2, 0.25) is 0 Å². The summed E-state index contributed by atoms with van der Waals surface area (Å²) in [6.45, 7) is 5.35. The van der Waals surface area contributed by atoms with Gasteiger partial charge in [-0.05, 0) is 68.4 Å². The van der Waals surface area contributed by atoms with Crippen LogP contribution in [0.25, 0.3) is 21.3 Å². The average molecular weight is 465 g/mol. The number of rotatable bonds is 7. The van der Waals surface area contributed by atoms with Crippen molar-refractivity contribution < 1.29 is 9.53 Å². The number of carbonyl (C=O) groups is 1. The summed E-state index contributed by atoms with van der Waals surface area (Å²) in [7, 11) is 5.56. The normalized spacial score (nSPS) is 13.4. The van der Waals surface area contributed by atoms with Gasteiger partial charge in [0.1, 0.15) is 15.5 Å². The van der Waals surface area contributed by atoms with Gasteiger partial charge in [-0.15, -0.1) is 11.3 Å². The summed E-state index contributed by atoms with van der Waals surface area (Å²) in [5.74, 6) is 0.846. The second-order valence-electron chi connectivity index (χ2n) is 8.49. The molecule has 0 saturated heterocycles. The molecule has 0 unspecified atom stereocenters. The van der Waals surface area contributed by atoms with Gasteiger partial charge in [-0.1, -0.05) is 12.1 Å². The largest absolute Gasteiger partial charge is 0.497 e. The zero-order valence-electron chi connectivity index (χ0n) is 20.1. The molecular formula is C26H32N4O2S. The lowest BCUT2D eigenvalue weighted by Gasteiger charge is -2.20. The van der Waals surface area contributed by atoms with E-state index in [1.807, 2.05) is 49.9 Å². The van der Waals surface area contributed by atoms with Gasteiger partial charge in [0, 0.05) is 38.3 Å². The SMILES string of the molecule is CCN(CC)C(=O)c1sc2nc3c(c(-c4ccc(OC)cc4)c2c1N=CN(C)C)CCCC3. The number of pyridine rings is 1. The van der Waals surface area contributed by atoms with Crippen LogP contribution in [0.4, 0.5) is 5.69 Å². The second kappa shape index (κ2) is 9.91. The van der Waals surface area contributed by atoms with Crippen LogP contribution in [0.1, 0.15) is 47.6 Å². The molecule has 0 saturated carbocycles. The van der Waals surface area contributed by atoms with Gasteiger partial charge < -0.3 is 14.5 Å². The van der Waals surface area contributed by atoms with Crippen molar-refractivity contribution in [1.29, 1.82) is 0 Å². The van der Waals surface area contributed by atoms with Crippen molar-refractivity contribution in [2.24, 2.45) is 4.99 Å². The molecule has 0 atom stereocenters. The van der Waals surface area contributed by atoms with Crippen LogP contribution in [0, 0.1) is 0 Å². The molecule has 1 amide bonds. The van der Waals surface area contributed by atoms with E-state index in [2.05, 4.69) is 12.1 Å². The minimum atomic E-state index is 0.0209. The Morgan fingerprint density at radius 2 is 1.85 bits per heavy atom. The molecule has 2 heterocycles. The molecule has 2 aromatic heterocycles. The van der Waals surface area contributed by atoms with Crippen LogP contribution in [0.3, 0.4) is 0 Å². The molecule has 0 spiro atoms. The zero-order valence-corrected chi connectivity index (χ0v) is 21.0. The molecule has 0 fully saturated rings. The maximum atomic E-state index is 13.5. The summed E-state index contributed by atoms with van der Waals surface area (Å²) >= 11 is 1.47. The Hall–Kier alpha value is -2.93. The molecule has 6 nitrogen and oxygen atoms in total. The predicted octanol–water partition coefficient (Wildman–Crippen LogP) is 5.55. The van der Waals surface area contributed by atoms with Crippen LogP contribution >= 0.6 is 11.3 Å². The number of carbonyl (C=O) groups excluding carboxylic acids is 1. The van der Waals surface area contributed by atoms with Gasteiger partial charge >= 0.3 is 0 Å². The smallest absolute Gasteiger partial charge is 0.266 e. The van der Waals surface area contributed by atoms with Gasteiger partial charge in [0.05, 0.1) is 19.1 Å². The number of aromatic nitrogens is 1. The molecular weight excluding hydrogens is 432 g/mol. The van der Waals surface area contributed by atoms with Gasteiger partial charge in [-0.3, -0.25) is 4.79 Å². The molecule has 7 heteroatoms. The summed E-state index contributed by atoms with van der Waals surface area (Å²) in [5.41, 5.74) is 5.46. The summed E-state index contributed by atoms with van der Waals surface area (Å²) in [6.07, 6.45) is 6.04. The third-order valence-corrected chi connectivity index (χ3v) is 7.19. The number of aliphatic imine (C=N–C) groups is 1. The lowest BCUT2D eigenvalue weighted by Crippen LogP contribution is -2.29. The summed E-state index contributed by atoms with van der Waals surface area (Å²) in [5, 5.41) is 0.986. The van der Waals surface area contributed by atoms with E-state index in [0.717, 1.165) is 64.2 Å². The Bertz CT molecular complexity index is 1180. The number of nitrogens with zero attached hydrogens (tertiary/aromatic N) is 4. The van der Waals surface area contributed by atoms with Gasteiger partial charge in [0.25, 0.3) is 5.91 Å². The third kappa shape index (κ3) is 4.47. The number of hydrogen-bond acceptors (Lipinski definition) is 5. The molecule has 0 bridgehead atoms. The lowest BCUT2D eigenvalue weighted by atomic mass is 9.87. The Labute approximate surface area is 199 Å². The molecule has 4 rings (SSSR count). The highest BCUT2D eigenvalue weighted by atomic mass is 32.1. The van der Waals surface area contributed by atoms with Crippen molar-refractivity contribution >= 4 is 39.5 Å². The molecule has 1 aliphatic carbocycles. The molecule has 33 heavy (non-hydrogen) atoms. The van der Waals surface area contributed by atoms with E-state index >= 15 is 0 Å². The molecule has 1 aromatic carbocycles. The van der Waals surface area contributed by atoms with Crippen molar-refractivity contribution in [1.82, 2.24) is 14.8 Å². The quantitative estimate of drug-likeness (QED) is 0.340. The zero-order chi connectivity index (χ0) is 23.5. The topological polar surface area (TPSA) is 58.0 Å². The number of fused-ring (bicyclic) bond motifs is 2. The second-order valence-corrected chi connectivity index (χ2v) is 9.49. The maximum Gasteiger partial charge on any atom is 0.266 e. The molecule has 3 aromatic rings. The van der Waals surface area contributed by atoms with Crippen molar-refractivity contribution in [3.05, 3.63) is 40.4 Å². The lowest BCUT2D eigenvalue weighted by molar-refractivity contribution is 0.0778. The minimum Gasteiger partial charge on any atom is -0.497 e. The van der Waals surface area contributed by atoms with Crippen LogP contribution in [0.15, 0.2) is 29.3 Å². The first-order valence-electron chi connectivity index (χ1n) is 11.6. The number of hydrogen-bond donors (Lipinski definition) is 0. The van der Waals surface area contributed by atoms with E-state index in [1.54, 1.807) is 13.4 Å². The molecule has 174 valence electrons. The summed E-state index contributed by atoms with van der Waals surface area (Å²) < 4.78 is 5.39. The van der Waals surface area contributed by atoms with Gasteiger partial charge in [-0.25, -0.2) is 9.98 Å². The highest BCUT2D eigenvalue weighted by Gasteiger charge is 2.28. The number of benzene rings is 1. The maximum absolute atomic E-state index is 13.5. The molecule has 0 aliphatic heterocycles. The molecule has 1 aliphatic rings. The van der Waals surface area contributed by atoms with E-state index in [-0.39, 0.29) is 5.91 Å². The van der Waals surface area contributed by atoms with Crippen LogP contribution < -0.4 is 4.74 Å². The van der Waals surface area contributed by atoms with Crippen molar-refractivity contribution in [3.63, 3.8) is 0 Å². The number of methoxy groups -OCH3 is 1. The standard InChI is InChI=1S/C26H32N4O2S/c1-6-30(7-2)26(31)24-23(27-16-29(3)4)22-21(17-12-14-18(32-5)15-13-17)19-10-8-9-11-20(19)28-25(22)33-24/h12-16H,6-11H2,1-5H3. The first-order chi connectivity index (χ1) is 16.0. The van der Waals surface area contributed by atoms with Crippen LogP contribution in [-0.4, -0.2) is 61.3 Å². The van der Waals surface area contributed by atoms with Gasteiger partial charge in [0.15, 0.2) is 0 Å². The van der Waals surface area contributed by atoms with E-state index in [9.17, 15) is 4.79 Å². The van der Waals surface area contributed by atoms with Crippen molar-refractivity contribution in [2.75, 3.05) is 34.3 Å². The van der Waals surface area contributed by atoms with Crippen molar-refractivity contribution in [2.45, 2.75) is 39.5 Å². The fourth-order valence-electron chi connectivity index (χ4n) is 4.44. The number of thiophene rings is 1. The van der Waals surface area contributed by atoms with Crippen LogP contribution in [-0.2, 0) is 12.8 Å². The summed E-state index contributed by atoms with van der Waals surface area (Å²) in [4.78, 5) is 28.7. The third-order valence-electron chi connectivity index (χ3n) is 6.13. The highest BCUT2D eigenvalue weighted by molar-refractivity contribution is 7.21. The van der Waals surface area contributed by atoms with E-state index < -0.39 is 0 Å². The number of aryl methyl sites for hydroxylation is 1. The number of amides is 1. The average Bonchev–Trinajstić information content (AvgIpc) is 3.19. The van der Waals surface area contributed by atoms with Crippen molar-refractivity contribution in [3.8, 4) is 16.9 Å². The Morgan fingerprint density at radius 1 is 1.15 bits per heavy atom. The Balaban J connectivity index is 2.05. The van der Waals surface area contributed by atoms with Crippen LogP contribution in [0.5, 0.6) is 5.75 Å². The Morgan fingerprint density at radius 3 is 2.48 bits per heavy atom. The first kappa shape index (κ1) is 23.2. The van der Waals surface area contributed by atoms with E-state index in [0.29, 0.717) is 18.0 Å². The van der Waals surface area contributed by atoms with Gasteiger partial charge in [0.2, 0.25) is 0 Å². The fraction of sp³-hybridized carbons (Fsp3) is 0.423. The highest BCUT2D eigenvalue weighted by Crippen LogP contribution is 2.46. The Kier molecular flexibility index (Phi) is 6.98.